The van der Waals surface area contributed by atoms with Crippen molar-refractivity contribution in [2.45, 2.75) is 57.9 Å². The summed E-state index contributed by atoms with van der Waals surface area (Å²) in [6.45, 7) is 4.44. The summed E-state index contributed by atoms with van der Waals surface area (Å²) in [5.74, 6) is -0.355. The van der Waals surface area contributed by atoms with Gasteiger partial charge in [0.15, 0.2) is 0 Å². The number of halogens is 1. The molecule has 1 aliphatic rings. The van der Waals surface area contributed by atoms with Crippen LogP contribution in [-0.4, -0.2) is 16.6 Å². The van der Waals surface area contributed by atoms with E-state index in [0.29, 0.717) is 16.6 Å². The van der Waals surface area contributed by atoms with Gasteiger partial charge in [-0.3, -0.25) is 0 Å². The number of carboxylic acid groups (broad SMARTS) is 1. The lowest BCUT2D eigenvalue weighted by Crippen LogP contribution is -2.42. The molecular weight excluding hydrogens is 286 g/mol. The van der Waals surface area contributed by atoms with Gasteiger partial charge in [0.25, 0.3) is 0 Å². The van der Waals surface area contributed by atoms with E-state index in [9.17, 15) is 9.90 Å². The number of rotatable bonds is 5. The molecule has 0 radical (unpaired) electrons. The Morgan fingerprint density at radius 1 is 1.33 bits per heavy atom. The van der Waals surface area contributed by atoms with Crippen LogP contribution in [0.2, 0.25) is 5.02 Å². The summed E-state index contributed by atoms with van der Waals surface area (Å²) in [6, 6.07) is 5.07. The van der Waals surface area contributed by atoms with Crippen molar-refractivity contribution in [3.05, 3.63) is 28.8 Å². The van der Waals surface area contributed by atoms with E-state index in [2.05, 4.69) is 19.2 Å². The lowest BCUT2D eigenvalue weighted by molar-refractivity contribution is 0.0697. The Balaban J connectivity index is 2.30. The van der Waals surface area contributed by atoms with Gasteiger partial charge in [-0.25, -0.2) is 4.79 Å². The molecule has 0 spiro atoms. The fraction of sp³-hybridized carbons (Fsp3) is 0.588. The molecular formula is C17H24ClNO2. The van der Waals surface area contributed by atoms with Gasteiger partial charge < -0.3 is 10.4 Å². The lowest BCUT2D eigenvalue weighted by atomic mass is 9.76. The van der Waals surface area contributed by atoms with Crippen LogP contribution in [0, 0.1) is 5.92 Å². The molecule has 0 bridgehead atoms. The van der Waals surface area contributed by atoms with Crippen molar-refractivity contribution < 1.29 is 9.90 Å². The number of benzene rings is 1. The number of aromatic carboxylic acids is 1. The molecule has 0 amide bonds. The Morgan fingerprint density at radius 2 is 2.00 bits per heavy atom. The summed E-state index contributed by atoms with van der Waals surface area (Å²) >= 11 is 5.93. The normalized spacial score (nSPS) is 17.7. The SMILES string of the molecule is CC(C)CC1(Nc2ccc(Cl)cc2C(=O)O)CCCCC1. The first-order valence-electron chi connectivity index (χ1n) is 7.73. The molecule has 0 unspecified atom stereocenters. The molecule has 0 atom stereocenters. The monoisotopic (exact) mass is 309 g/mol. The zero-order chi connectivity index (χ0) is 15.5. The first kappa shape index (κ1) is 16.2. The highest BCUT2D eigenvalue weighted by Crippen LogP contribution is 2.37. The number of carboxylic acids is 1. The van der Waals surface area contributed by atoms with E-state index >= 15 is 0 Å². The van der Waals surface area contributed by atoms with Gasteiger partial charge in [0.05, 0.1) is 5.56 Å². The van der Waals surface area contributed by atoms with Gasteiger partial charge >= 0.3 is 5.97 Å². The van der Waals surface area contributed by atoms with Crippen LogP contribution in [-0.2, 0) is 0 Å². The van der Waals surface area contributed by atoms with Gasteiger partial charge in [-0.15, -0.1) is 0 Å². The predicted octanol–water partition coefficient (Wildman–Crippen LogP) is 5.20. The van der Waals surface area contributed by atoms with Crippen molar-refractivity contribution >= 4 is 23.3 Å². The minimum absolute atomic E-state index is 0.0183. The van der Waals surface area contributed by atoms with Crippen LogP contribution < -0.4 is 5.32 Å². The zero-order valence-corrected chi connectivity index (χ0v) is 13.5. The summed E-state index contributed by atoms with van der Waals surface area (Å²) in [5.41, 5.74) is 0.968. The molecule has 0 aliphatic heterocycles. The van der Waals surface area contributed by atoms with Crippen LogP contribution in [0.15, 0.2) is 18.2 Å². The second-order valence-corrected chi connectivity index (χ2v) is 7.00. The lowest BCUT2D eigenvalue weighted by Gasteiger charge is -2.41. The Morgan fingerprint density at radius 3 is 2.57 bits per heavy atom. The van der Waals surface area contributed by atoms with Gasteiger partial charge in [-0.2, -0.15) is 0 Å². The van der Waals surface area contributed by atoms with Gasteiger partial charge in [-0.05, 0) is 43.4 Å². The predicted molar refractivity (Wildman–Crippen MR) is 87.3 cm³/mol. The van der Waals surface area contributed by atoms with Gasteiger partial charge in [0, 0.05) is 16.2 Å². The third-order valence-corrected chi connectivity index (χ3v) is 4.46. The molecule has 2 N–H and O–H groups in total. The van der Waals surface area contributed by atoms with Crippen molar-refractivity contribution in [2.75, 3.05) is 5.32 Å². The molecule has 0 heterocycles. The fourth-order valence-electron chi connectivity index (χ4n) is 3.48. The number of nitrogens with one attached hydrogen (secondary N) is 1. The maximum absolute atomic E-state index is 11.4. The fourth-order valence-corrected chi connectivity index (χ4v) is 3.65. The van der Waals surface area contributed by atoms with Crippen LogP contribution in [0.5, 0.6) is 0 Å². The minimum Gasteiger partial charge on any atom is -0.478 e. The number of carbonyl (C=O) groups is 1. The molecule has 4 heteroatoms. The second kappa shape index (κ2) is 6.69. The Bertz CT molecular complexity index is 508. The average Bonchev–Trinajstić information content (AvgIpc) is 2.40. The maximum atomic E-state index is 11.4. The van der Waals surface area contributed by atoms with Crippen molar-refractivity contribution in [1.29, 1.82) is 0 Å². The van der Waals surface area contributed by atoms with Gasteiger partial charge in [0.1, 0.15) is 0 Å². The van der Waals surface area contributed by atoms with Crippen LogP contribution in [0.3, 0.4) is 0 Å². The highest BCUT2D eigenvalue weighted by Gasteiger charge is 2.33. The highest BCUT2D eigenvalue weighted by molar-refractivity contribution is 6.31. The topological polar surface area (TPSA) is 49.3 Å². The molecule has 1 aromatic rings. The molecule has 21 heavy (non-hydrogen) atoms. The van der Waals surface area contributed by atoms with Crippen molar-refractivity contribution in [3.8, 4) is 0 Å². The van der Waals surface area contributed by atoms with Crippen LogP contribution in [0.4, 0.5) is 5.69 Å². The number of hydrogen-bond donors (Lipinski definition) is 2. The maximum Gasteiger partial charge on any atom is 0.337 e. The van der Waals surface area contributed by atoms with E-state index in [-0.39, 0.29) is 11.1 Å². The van der Waals surface area contributed by atoms with Crippen molar-refractivity contribution in [1.82, 2.24) is 0 Å². The third kappa shape index (κ3) is 4.13. The Kier molecular flexibility index (Phi) is 5.15. The molecule has 1 saturated carbocycles. The quantitative estimate of drug-likeness (QED) is 0.786. The minimum atomic E-state index is -0.935. The molecule has 1 aromatic carbocycles. The molecule has 0 aromatic heterocycles. The van der Waals surface area contributed by atoms with Gasteiger partial charge in [0.2, 0.25) is 0 Å². The van der Waals surface area contributed by atoms with Gasteiger partial charge in [-0.1, -0.05) is 44.7 Å². The van der Waals surface area contributed by atoms with Crippen LogP contribution >= 0.6 is 11.6 Å². The van der Waals surface area contributed by atoms with E-state index < -0.39 is 5.97 Å². The zero-order valence-electron chi connectivity index (χ0n) is 12.8. The Labute approximate surface area is 131 Å². The van der Waals surface area contributed by atoms with E-state index in [0.717, 1.165) is 19.3 Å². The first-order valence-corrected chi connectivity index (χ1v) is 8.11. The summed E-state index contributed by atoms with van der Waals surface area (Å²) in [7, 11) is 0. The number of hydrogen-bond acceptors (Lipinski definition) is 2. The first-order chi connectivity index (χ1) is 9.92. The molecule has 2 rings (SSSR count). The summed E-state index contributed by atoms with van der Waals surface area (Å²) < 4.78 is 0. The van der Waals surface area contributed by atoms with E-state index in [1.54, 1.807) is 12.1 Å². The molecule has 116 valence electrons. The van der Waals surface area contributed by atoms with Crippen LogP contribution in [0.25, 0.3) is 0 Å². The second-order valence-electron chi connectivity index (χ2n) is 6.56. The van der Waals surface area contributed by atoms with E-state index in [4.69, 9.17) is 11.6 Å². The molecule has 3 nitrogen and oxygen atoms in total. The largest absolute Gasteiger partial charge is 0.478 e. The number of anilines is 1. The molecule has 1 fully saturated rings. The van der Waals surface area contributed by atoms with Crippen molar-refractivity contribution in [2.24, 2.45) is 5.92 Å². The van der Waals surface area contributed by atoms with E-state index in [1.165, 1.54) is 25.3 Å². The summed E-state index contributed by atoms with van der Waals surface area (Å²) in [4.78, 5) is 11.4. The van der Waals surface area contributed by atoms with Crippen LogP contribution in [0.1, 0.15) is 62.7 Å². The van der Waals surface area contributed by atoms with Crippen molar-refractivity contribution in [3.63, 3.8) is 0 Å². The molecule has 1 aliphatic carbocycles. The third-order valence-electron chi connectivity index (χ3n) is 4.22. The summed E-state index contributed by atoms with van der Waals surface area (Å²) in [5, 5.41) is 13.4. The smallest absolute Gasteiger partial charge is 0.337 e. The molecule has 0 saturated heterocycles. The van der Waals surface area contributed by atoms with E-state index in [1.807, 2.05) is 0 Å². The highest BCUT2D eigenvalue weighted by atomic mass is 35.5. The summed E-state index contributed by atoms with van der Waals surface area (Å²) in [6.07, 6.45) is 6.95. The average molecular weight is 310 g/mol. The Hall–Kier alpha value is -1.22. The standard InChI is InChI=1S/C17H24ClNO2/c1-12(2)11-17(8-4-3-5-9-17)19-15-7-6-13(18)10-14(15)16(20)21/h6-7,10,12,19H,3-5,8-9,11H2,1-2H3,(H,20,21).